The van der Waals surface area contributed by atoms with Crippen LogP contribution in [0.5, 0.6) is 0 Å². The molecule has 280 valence electrons. The maximum atomic E-state index is 6.85. The monoisotopic (exact) mass is 733 g/mol. The number of pyridine rings is 1. The number of nitrogens with zero attached hydrogens (tertiary/aromatic N) is 3. The molecule has 1 aliphatic carbocycles. The third-order valence-corrected chi connectivity index (χ3v) is 11.6. The Bertz CT molecular complexity index is 2440. The summed E-state index contributed by atoms with van der Waals surface area (Å²) in [5.41, 5.74) is 13.6. The standard InChI is InChI=1S/C51H52BN3O/c1-36(39-26-28-42(29-27-39)41-21-14-10-15-22-41)31-48(53-37(2)40-19-12-9-13-20-40)45-32-44(33-46(34-45)52-35-50(4,5)51(6,7)56-52)38(3)54-49-47(25-18-30-55(49)8)43-23-16-11-17-24-43/h9-16,18-23,25-34H,1,3,17,24,35H2,2,4-8H3/b48-31-,53-37?,54-49?. The van der Waals surface area contributed by atoms with Crippen molar-refractivity contribution in [2.75, 3.05) is 0 Å². The molecule has 0 spiro atoms. The summed E-state index contributed by atoms with van der Waals surface area (Å²) in [6.07, 6.45) is 13.6. The smallest absolute Gasteiger partial charge is 0.328 e. The molecule has 0 N–H and O–H groups in total. The zero-order chi connectivity index (χ0) is 39.5. The fourth-order valence-electron chi connectivity index (χ4n) is 7.48. The van der Waals surface area contributed by atoms with E-state index in [9.17, 15) is 0 Å². The molecule has 2 heterocycles. The van der Waals surface area contributed by atoms with Gasteiger partial charge in [-0.1, -0.05) is 142 Å². The average Bonchev–Trinajstić information content (AvgIpc) is 3.44. The van der Waals surface area contributed by atoms with Crippen LogP contribution in [0.3, 0.4) is 0 Å². The first-order valence-electron chi connectivity index (χ1n) is 19.6. The highest BCUT2D eigenvalue weighted by molar-refractivity contribution is 6.68. The second-order valence-corrected chi connectivity index (χ2v) is 16.2. The molecular weight excluding hydrogens is 681 g/mol. The molecule has 4 nitrogen and oxygen atoms in total. The van der Waals surface area contributed by atoms with E-state index in [4.69, 9.17) is 14.6 Å². The van der Waals surface area contributed by atoms with Crippen molar-refractivity contribution < 1.29 is 4.65 Å². The quantitative estimate of drug-likeness (QED) is 0.0800. The Morgan fingerprint density at radius 2 is 1.46 bits per heavy atom. The van der Waals surface area contributed by atoms with Gasteiger partial charge in [0.15, 0.2) is 0 Å². The van der Waals surface area contributed by atoms with Crippen molar-refractivity contribution in [1.82, 2.24) is 4.57 Å². The van der Waals surface area contributed by atoms with E-state index < -0.39 is 0 Å². The van der Waals surface area contributed by atoms with Crippen molar-refractivity contribution in [3.8, 4) is 11.1 Å². The molecule has 56 heavy (non-hydrogen) atoms. The number of aromatic nitrogens is 1. The van der Waals surface area contributed by atoms with E-state index in [-0.39, 0.29) is 17.9 Å². The van der Waals surface area contributed by atoms with Gasteiger partial charge in [-0.3, -0.25) is 4.99 Å². The van der Waals surface area contributed by atoms with E-state index in [1.54, 1.807) is 0 Å². The molecule has 1 aliphatic heterocycles. The van der Waals surface area contributed by atoms with E-state index in [1.165, 1.54) is 11.1 Å². The lowest BCUT2D eigenvalue weighted by Gasteiger charge is -2.34. The molecule has 7 rings (SSSR count). The predicted molar refractivity (Wildman–Crippen MR) is 239 cm³/mol. The number of hydrogen-bond donors (Lipinski definition) is 0. The van der Waals surface area contributed by atoms with Crippen LogP contribution < -0.4 is 11.0 Å². The number of aryl methyl sites for hydroxylation is 1. The highest BCUT2D eigenvalue weighted by atomic mass is 16.5. The normalized spacial score (nSPS) is 16.9. The minimum Gasteiger partial charge on any atom is -0.426 e. The molecule has 0 amide bonds. The lowest BCUT2D eigenvalue weighted by Crippen LogP contribution is -2.36. The van der Waals surface area contributed by atoms with Gasteiger partial charge in [-0.15, -0.1) is 0 Å². The lowest BCUT2D eigenvalue weighted by atomic mass is 9.54. The van der Waals surface area contributed by atoms with Crippen molar-refractivity contribution in [2.24, 2.45) is 22.4 Å². The van der Waals surface area contributed by atoms with Gasteiger partial charge in [0.1, 0.15) is 5.49 Å². The highest BCUT2D eigenvalue weighted by Gasteiger charge is 2.50. The van der Waals surface area contributed by atoms with Crippen molar-refractivity contribution in [3.05, 3.63) is 192 Å². The van der Waals surface area contributed by atoms with Crippen LogP contribution in [0.4, 0.5) is 0 Å². The molecule has 0 bridgehead atoms. The maximum Gasteiger partial charge on any atom is 0.328 e. The SMILES string of the molecule is C=C(/C=C(\N=C(C)c1ccccc1)c1cc(B2CC(C)(C)C(C)(C)O2)cc(C(=C)N=c2c(C3=CC=CCC3)cccn2C)c1)c1ccc(-c2ccccc2)cc1. The van der Waals surface area contributed by atoms with E-state index in [0.29, 0.717) is 5.70 Å². The largest absolute Gasteiger partial charge is 0.426 e. The summed E-state index contributed by atoms with van der Waals surface area (Å²) < 4.78 is 8.94. The Balaban J connectivity index is 1.37. The van der Waals surface area contributed by atoms with E-state index in [2.05, 4.69) is 168 Å². The predicted octanol–water partition coefficient (Wildman–Crippen LogP) is 11.6. The average molecular weight is 734 g/mol. The summed E-state index contributed by atoms with van der Waals surface area (Å²) in [6, 6.07) is 40.2. The van der Waals surface area contributed by atoms with E-state index in [0.717, 1.165) is 80.5 Å². The molecule has 2 aliphatic rings. The van der Waals surface area contributed by atoms with Gasteiger partial charge >= 0.3 is 6.92 Å². The van der Waals surface area contributed by atoms with Crippen molar-refractivity contribution in [2.45, 2.75) is 59.4 Å². The number of benzene rings is 4. The Morgan fingerprint density at radius 1 is 0.786 bits per heavy atom. The third kappa shape index (κ3) is 8.39. The van der Waals surface area contributed by atoms with Crippen LogP contribution >= 0.6 is 0 Å². The number of rotatable bonds is 10. The first-order valence-corrected chi connectivity index (χ1v) is 19.6. The Kier molecular flexibility index (Phi) is 11.1. The van der Waals surface area contributed by atoms with Crippen LogP contribution in [0.1, 0.15) is 75.3 Å². The Hall–Kier alpha value is -5.78. The van der Waals surface area contributed by atoms with E-state index >= 15 is 0 Å². The molecule has 4 aromatic carbocycles. The van der Waals surface area contributed by atoms with E-state index in [1.807, 2.05) is 37.5 Å². The van der Waals surface area contributed by atoms with Gasteiger partial charge in [-0.2, -0.15) is 0 Å². The number of allylic oxidation sites excluding steroid dienone is 6. The summed E-state index contributed by atoms with van der Waals surface area (Å²) >= 11 is 0. The molecule has 1 saturated heterocycles. The molecule has 0 radical (unpaired) electrons. The second kappa shape index (κ2) is 16.1. The molecular formula is C51H52BN3O. The van der Waals surface area contributed by atoms with Crippen LogP contribution in [0.25, 0.3) is 33.7 Å². The topological polar surface area (TPSA) is 38.9 Å². The van der Waals surface area contributed by atoms with Crippen molar-refractivity contribution in [1.29, 1.82) is 0 Å². The first-order chi connectivity index (χ1) is 26.9. The Morgan fingerprint density at radius 3 is 2.12 bits per heavy atom. The summed E-state index contributed by atoms with van der Waals surface area (Å²) in [7, 11) is 2.05. The van der Waals surface area contributed by atoms with Gasteiger partial charge in [0.25, 0.3) is 0 Å². The van der Waals surface area contributed by atoms with Crippen molar-refractivity contribution >= 4 is 40.6 Å². The zero-order valence-electron chi connectivity index (χ0n) is 33.7. The summed E-state index contributed by atoms with van der Waals surface area (Å²) in [6.45, 7) is 20.1. The third-order valence-electron chi connectivity index (χ3n) is 11.6. The van der Waals surface area contributed by atoms with Gasteiger partial charge in [0, 0.05) is 30.1 Å². The first kappa shape index (κ1) is 38.5. The van der Waals surface area contributed by atoms with Gasteiger partial charge in [0.05, 0.1) is 17.0 Å². The van der Waals surface area contributed by atoms with Gasteiger partial charge in [-0.25, -0.2) is 4.99 Å². The van der Waals surface area contributed by atoms with Crippen LogP contribution in [0.2, 0.25) is 6.32 Å². The van der Waals surface area contributed by atoms with Crippen LogP contribution in [-0.2, 0) is 11.7 Å². The number of hydrogen-bond acceptors (Lipinski definition) is 3. The van der Waals surface area contributed by atoms with Crippen LogP contribution in [0.15, 0.2) is 169 Å². The van der Waals surface area contributed by atoms with Crippen LogP contribution in [0, 0.1) is 5.41 Å². The zero-order valence-corrected chi connectivity index (χ0v) is 33.7. The number of aliphatic imine (C=N–C) groups is 1. The fraction of sp³-hybridized carbons (Fsp3) is 0.216. The summed E-state index contributed by atoms with van der Waals surface area (Å²) in [5, 5.41) is 0. The summed E-state index contributed by atoms with van der Waals surface area (Å²) in [5.74, 6) is 0. The van der Waals surface area contributed by atoms with Crippen LogP contribution in [-0.4, -0.2) is 22.8 Å². The lowest BCUT2D eigenvalue weighted by molar-refractivity contribution is 0.0375. The molecule has 1 fully saturated rings. The molecule has 5 aromatic rings. The summed E-state index contributed by atoms with van der Waals surface area (Å²) in [4.78, 5) is 10.6. The fourth-order valence-corrected chi connectivity index (χ4v) is 7.48. The molecule has 5 heteroatoms. The second-order valence-electron chi connectivity index (χ2n) is 16.2. The highest BCUT2D eigenvalue weighted by Crippen LogP contribution is 2.45. The Labute approximate surface area is 333 Å². The van der Waals surface area contributed by atoms with Gasteiger partial charge in [0.2, 0.25) is 0 Å². The molecule has 1 aromatic heterocycles. The maximum absolute atomic E-state index is 6.85. The molecule has 0 unspecified atom stereocenters. The molecule has 0 saturated carbocycles. The van der Waals surface area contributed by atoms with Crippen molar-refractivity contribution in [3.63, 3.8) is 0 Å². The molecule has 0 atom stereocenters. The minimum atomic E-state index is -0.301. The van der Waals surface area contributed by atoms with Gasteiger partial charge < -0.3 is 9.22 Å². The minimum absolute atomic E-state index is 0.0228. The van der Waals surface area contributed by atoms with Gasteiger partial charge in [-0.05, 0) is 114 Å².